The van der Waals surface area contributed by atoms with E-state index in [0.29, 0.717) is 0 Å². The molecule has 5 heteroatoms. The Morgan fingerprint density at radius 3 is 1.73 bits per heavy atom. The number of nitrogens with zero attached hydrogens (tertiary/aromatic N) is 3. The summed E-state index contributed by atoms with van der Waals surface area (Å²) in [5, 5.41) is 8.46. The lowest BCUT2D eigenvalue weighted by molar-refractivity contribution is 0.763. The van der Waals surface area contributed by atoms with E-state index in [1.54, 1.807) is 0 Å². The lowest BCUT2D eigenvalue weighted by atomic mass is 9.94. The molecule has 10 aromatic rings. The number of hydrogen-bond donors (Lipinski definition) is 1. The van der Waals surface area contributed by atoms with Gasteiger partial charge >= 0.3 is 0 Å². The van der Waals surface area contributed by atoms with Gasteiger partial charge in [-0.15, -0.1) is 11.3 Å². The molecule has 4 nitrogen and oxygen atoms in total. The first-order valence-corrected chi connectivity index (χ1v) is 19.8. The molecule has 2 aromatic heterocycles. The number of aliphatic imine (C=N–C) groups is 2. The number of para-hydroxylation sites is 2. The van der Waals surface area contributed by atoms with Crippen LogP contribution >= 0.6 is 11.3 Å². The van der Waals surface area contributed by atoms with E-state index >= 15 is 0 Å². The van der Waals surface area contributed by atoms with Crippen LogP contribution in [-0.4, -0.2) is 16.2 Å². The smallest absolute Gasteiger partial charge is 0.170 e. The van der Waals surface area contributed by atoms with Crippen molar-refractivity contribution in [2.75, 3.05) is 0 Å². The summed E-state index contributed by atoms with van der Waals surface area (Å²) in [5.74, 6) is 1.63. The second-order valence-electron chi connectivity index (χ2n) is 14.2. The Hall–Kier alpha value is -7.08. The predicted octanol–water partition coefficient (Wildman–Crippen LogP) is 13.0. The van der Waals surface area contributed by atoms with E-state index in [4.69, 9.17) is 9.98 Å². The van der Waals surface area contributed by atoms with Gasteiger partial charge in [0.25, 0.3) is 0 Å². The lowest BCUT2D eigenvalue weighted by Crippen LogP contribution is -2.36. The topological polar surface area (TPSA) is 41.7 Å². The summed E-state index contributed by atoms with van der Waals surface area (Å²) in [4.78, 5) is 10.6. The molecule has 0 atom stereocenters. The number of nitrogens with one attached hydrogen (secondary N) is 1. The standard InChI is InChI=1S/C51H34N4S/c1-5-16-33(17-6-1)41-31-37(36-28-29-45-42(30-36)39-24-13-14-26-44(39)55(45)38-22-11-4-12-23-38)32-43-47-40(25-15-27-46(47)56-48(41)43)51-53-49(34-18-7-2-8-19-34)52-50(54-51)35-20-9-3-10-21-35/h1-32,51H,(H,52,53,54). The Morgan fingerprint density at radius 2 is 1.04 bits per heavy atom. The number of aromatic nitrogens is 1. The van der Waals surface area contributed by atoms with Crippen LogP contribution in [0.3, 0.4) is 0 Å². The molecular weight excluding hydrogens is 701 g/mol. The number of fused-ring (bicyclic) bond motifs is 6. The van der Waals surface area contributed by atoms with Crippen LogP contribution in [0.15, 0.2) is 204 Å². The van der Waals surface area contributed by atoms with Crippen molar-refractivity contribution < 1.29 is 0 Å². The zero-order chi connectivity index (χ0) is 37.0. The monoisotopic (exact) mass is 734 g/mol. The van der Waals surface area contributed by atoms with Crippen LogP contribution in [0.2, 0.25) is 0 Å². The predicted molar refractivity (Wildman–Crippen MR) is 236 cm³/mol. The summed E-state index contributed by atoms with van der Waals surface area (Å²) in [6.45, 7) is 0. The molecule has 11 rings (SSSR count). The normalized spacial score (nSPS) is 13.3. The number of benzene rings is 8. The van der Waals surface area contributed by atoms with Gasteiger partial charge in [-0.05, 0) is 65.2 Å². The highest BCUT2D eigenvalue weighted by molar-refractivity contribution is 7.26. The molecule has 0 aliphatic carbocycles. The lowest BCUT2D eigenvalue weighted by Gasteiger charge is -2.23. The molecule has 8 aromatic carbocycles. The van der Waals surface area contributed by atoms with Crippen molar-refractivity contribution in [1.82, 2.24) is 9.88 Å². The van der Waals surface area contributed by atoms with E-state index in [1.807, 2.05) is 23.5 Å². The van der Waals surface area contributed by atoms with E-state index in [-0.39, 0.29) is 0 Å². The fourth-order valence-corrected chi connectivity index (χ4v) is 9.51. The van der Waals surface area contributed by atoms with Crippen molar-refractivity contribution in [3.05, 3.63) is 211 Å². The summed E-state index contributed by atoms with van der Waals surface area (Å²) in [7, 11) is 0. The first-order valence-electron chi connectivity index (χ1n) is 18.9. The summed E-state index contributed by atoms with van der Waals surface area (Å²) in [5.41, 5.74) is 11.5. The number of rotatable bonds is 6. The zero-order valence-electron chi connectivity index (χ0n) is 30.3. The molecule has 0 spiro atoms. The van der Waals surface area contributed by atoms with Crippen LogP contribution in [-0.2, 0) is 0 Å². The SMILES string of the molecule is c1ccc(C2=NC(c3cccc4sc5c(-c6ccccc6)cc(-c6ccc7c(c6)c6ccccc6n7-c6ccccc6)cc5c34)N=C(c3ccccc3)N2)cc1. The van der Waals surface area contributed by atoms with Gasteiger partial charge in [0.05, 0.1) is 11.0 Å². The second kappa shape index (κ2) is 13.3. The van der Waals surface area contributed by atoms with Gasteiger partial charge < -0.3 is 9.88 Å². The Morgan fingerprint density at radius 1 is 0.446 bits per heavy atom. The van der Waals surface area contributed by atoms with Gasteiger partial charge in [-0.1, -0.05) is 146 Å². The molecule has 0 fully saturated rings. The number of amidine groups is 2. The minimum absolute atomic E-state index is 0.438. The first-order chi connectivity index (χ1) is 27.8. The van der Waals surface area contributed by atoms with Crippen molar-refractivity contribution in [3.8, 4) is 27.9 Å². The van der Waals surface area contributed by atoms with Crippen molar-refractivity contribution in [1.29, 1.82) is 0 Å². The van der Waals surface area contributed by atoms with E-state index in [9.17, 15) is 0 Å². The van der Waals surface area contributed by atoms with E-state index < -0.39 is 6.17 Å². The summed E-state index contributed by atoms with van der Waals surface area (Å²) < 4.78 is 4.86. The molecule has 56 heavy (non-hydrogen) atoms. The number of thiophene rings is 1. The second-order valence-corrected chi connectivity index (χ2v) is 15.2. The molecule has 1 aliphatic heterocycles. The van der Waals surface area contributed by atoms with E-state index in [2.05, 4.69) is 192 Å². The largest absolute Gasteiger partial charge is 0.324 e. The maximum atomic E-state index is 5.31. The highest BCUT2D eigenvalue weighted by Gasteiger charge is 2.25. The molecule has 3 heterocycles. The van der Waals surface area contributed by atoms with Gasteiger partial charge in [-0.2, -0.15) is 0 Å². The van der Waals surface area contributed by atoms with Gasteiger partial charge in [-0.25, -0.2) is 9.98 Å². The fraction of sp³-hybridized carbons (Fsp3) is 0.0196. The summed E-state index contributed by atoms with van der Waals surface area (Å²) in [6, 6.07) is 69.2. The Labute approximate surface area is 328 Å². The van der Waals surface area contributed by atoms with Crippen LogP contribution in [0.4, 0.5) is 0 Å². The van der Waals surface area contributed by atoms with Crippen LogP contribution in [0.25, 0.3) is 69.9 Å². The van der Waals surface area contributed by atoms with Crippen molar-refractivity contribution in [2.24, 2.45) is 9.98 Å². The molecule has 0 amide bonds. The van der Waals surface area contributed by atoms with Gasteiger partial charge in [0.1, 0.15) is 11.7 Å². The third-order valence-electron chi connectivity index (χ3n) is 10.8. The van der Waals surface area contributed by atoms with E-state index in [0.717, 1.165) is 34.0 Å². The Bertz CT molecular complexity index is 3090. The van der Waals surface area contributed by atoms with E-state index in [1.165, 1.54) is 64.2 Å². The molecule has 264 valence electrons. The van der Waals surface area contributed by atoms with Gasteiger partial charge in [0, 0.05) is 58.9 Å². The molecule has 1 N–H and O–H groups in total. The average molecular weight is 735 g/mol. The minimum atomic E-state index is -0.438. The fourth-order valence-electron chi connectivity index (χ4n) is 8.25. The molecule has 1 aliphatic rings. The van der Waals surface area contributed by atoms with Gasteiger partial charge in [0.2, 0.25) is 0 Å². The Balaban J connectivity index is 1.15. The molecule has 0 radical (unpaired) electrons. The quantitative estimate of drug-likeness (QED) is 0.182. The molecule has 0 saturated carbocycles. The van der Waals surface area contributed by atoms with Gasteiger partial charge in [0.15, 0.2) is 6.17 Å². The minimum Gasteiger partial charge on any atom is -0.324 e. The number of hydrogen-bond acceptors (Lipinski definition) is 4. The average Bonchev–Trinajstić information content (AvgIpc) is 3.83. The van der Waals surface area contributed by atoms with Gasteiger partial charge in [-0.3, -0.25) is 0 Å². The van der Waals surface area contributed by atoms with Crippen LogP contribution in [0.1, 0.15) is 22.9 Å². The third kappa shape index (κ3) is 5.44. The van der Waals surface area contributed by atoms with Crippen LogP contribution in [0, 0.1) is 0 Å². The molecular formula is C51H34N4S. The molecule has 0 unspecified atom stereocenters. The van der Waals surface area contributed by atoms with Crippen LogP contribution < -0.4 is 5.32 Å². The molecule has 0 saturated heterocycles. The van der Waals surface area contributed by atoms with Crippen molar-refractivity contribution >= 4 is 65.0 Å². The van der Waals surface area contributed by atoms with Crippen LogP contribution in [0.5, 0.6) is 0 Å². The maximum absolute atomic E-state index is 5.31. The highest BCUT2D eigenvalue weighted by atomic mass is 32.1. The molecule has 0 bridgehead atoms. The maximum Gasteiger partial charge on any atom is 0.170 e. The van der Waals surface area contributed by atoms with Crippen molar-refractivity contribution in [3.63, 3.8) is 0 Å². The third-order valence-corrected chi connectivity index (χ3v) is 12.1. The Kier molecular flexibility index (Phi) is 7.71. The van der Waals surface area contributed by atoms with Crippen molar-refractivity contribution in [2.45, 2.75) is 6.17 Å². The highest BCUT2D eigenvalue weighted by Crippen LogP contribution is 2.46. The first kappa shape index (κ1) is 32.4. The summed E-state index contributed by atoms with van der Waals surface area (Å²) in [6.07, 6.45) is -0.438. The zero-order valence-corrected chi connectivity index (χ0v) is 31.1. The summed E-state index contributed by atoms with van der Waals surface area (Å²) >= 11 is 1.85.